The summed E-state index contributed by atoms with van der Waals surface area (Å²) in [6, 6.07) is 7.20. The SMILES string of the molecule is O=C1CCC(c2cccc(C(=O)N3CCNCC3)c2)C(=O)N1. The van der Waals surface area contributed by atoms with Gasteiger partial charge in [0.1, 0.15) is 0 Å². The Bertz CT molecular complexity index is 608. The van der Waals surface area contributed by atoms with E-state index >= 15 is 0 Å². The first-order valence-electron chi connectivity index (χ1n) is 7.59. The monoisotopic (exact) mass is 301 g/mol. The highest BCUT2D eigenvalue weighted by Crippen LogP contribution is 2.25. The van der Waals surface area contributed by atoms with Crippen molar-refractivity contribution < 1.29 is 14.4 Å². The Kier molecular flexibility index (Phi) is 4.20. The Morgan fingerprint density at radius 2 is 1.95 bits per heavy atom. The van der Waals surface area contributed by atoms with E-state index in [0.717, 1.165) is 18.7 Å². The van der Waals surface area contributed by atoms with Gasteiger partial charge in [-0.2, -0.15) is 0 Å². The van der Waals surface area contributed by atoms with Crippen molar-refractivity contribution in [2.45, 2.75) is 18.8 Å². The molecule has 0 aliphatic carbocycles. The number of hydrogen-bond acceptors (Lipinski definition) is 4. The van der Waals surface area contributed by atoms with Crippen molar-refractivity contribution in [3.63, 3.8) is 0 Å². The molecule has 0 saturated carbocycles. The molecular formula is C16H19N3O3. The van der Waals surface area contributed by atoms with Crippen LogP contribution in [0.4, 0.5) is 0 Å². The molecule has 0 spiro atoms. The molecule has 0 aromatic heterocycles. The molecule has 1 aromatic carbocycles. The molecule has 2 fully saturated rings. The van der Waals surface area contributed by atoms with Crippen molar-refractivity contribution in [3.05, 3.63) is 35.4 Å². The van der Waals surface area contributed by atoms with E-state index in [4.69, 9.17) is 0 Å². The average Bonchev–Trinajstić information content (AvgIpc) is 2.55. The van der Waals surface area contributed by atoms with Gasteiger partial charge in [0, 0.05) is 38.2 Å². The molecule has 6 heteroatoms. The predicted octanol–water partition coefficient (Wildman–Crippen LogP) is 0.252. The number of rotatable bonds is 2. The maximum atomic E-state index is 12.5. The van der Waals surface area contributed by atoms with Crippen LogP contribution in [0.2, 0.25) is 0 Å². The molecule has 1 aromatic rings. The lowest BCUT2D eigenvalue weighted by Gasteiger charge is -2.28. The minimum absolute atomic E-state index is 0.00403. The Morgan fingerprint density at radius 1 is 1.18 bits per heavy atom. The van der Waals surface area contributed by atoms with Gasteiger partial charge in [0.05, 0.1) is 5.92 Å². The number of carbonyl (C=O) groups excluding carboxylic acids is 3. The Hall–Kier alpha value is -2.21. The summed E-state index contributed by atoms with van der Waals surface area (Å²) in [6.45, 7) is 3.00. The molecule has 3 amide bonds. The van der Waals surface area contributed by atoms with Gasteiger partial charge in [-0.1, -0.05) is 12.1 Å². The molecule has 2 aliphatic rings. The number of nitrogens with zero attached hydrogens (tertiary/aromatic N) is 1. The van der Waals surface area contributed by atoms with E-state index in [9.17, 15) is 14.4 Å². The van der Waals surface area contributed by atoms with Crippen LogP contribution >= 0.6 is 0 Å². The minimum Gasteiger partial charge on any atom is -0.336 e. The standard InChI is InChI=1S/C16H19N3O3/c20-14-5-4-13(15(21)18-14)11-2-1-3-12(10-11)16(22)19-8-6-17-7-9-19/h1-3,10,13,17H,4-9H2,(H,18,20,21). The predicted molar refractivity (Wildman–Crippen MR) is 80.3 cm³/mol. The number of imide groups is 1. The summed E-state index contributed by atoms with van der Waals surface area (Å²) in [7, 11) is 0. The van der Waals surface area contributed by atoms with Crippen LogP contribution in [0.1, 0.15) is 34.7 Å². The van der Waals surface area contributed by atoms with Gasteiger partial charge in [-0.25, -0.2) is 0 Å². The molecule has 0 radical (unpaired) electrons. The summed E-state index contributed by atoms with van der Waals surface area (Å²) in [5, 5.41) is 5.57. The van der Waals surface area contributed by atoms with Gasteiger partial charge in [0.15, 0.2) is 0 Å². The van der Waals surface area contributed by atoms with Crippen LogP contribution in [-0.4, -0.2) is 48.8 Å². The van der Waals surface area contributed by atoms with E-state index in [1.165, 1.54) is 0 Å². The molecule has 0 bridgehead atoms. The van der Waals surface area contributed by atoms with Crippen LogP contribution < -0.4 is 10.6 Å². The van der Waals surface area contributed by atoms with Crippen molar-refractivity contribution in [1.82, 2.24) is 15.5 Å². The largest absolute Gasteiger partial charge is 0.336 e. The molecule has 2 saturated heterocycles. The van der Waals surface area contributed by atoms with Crippen molar-refractivity contribution in [1.29, 1.82) is 0 Å². The Morgan fingerprint density at radius 3 is 2.68 bits per heavy atom. The zero-order valence-corrected chi connectivity index (χ0v) is 12.3. The fraction of sp³-hybridized carbons (Fsp3) is 0.438. The summed E-state index contributed by atoms with van der Waals surface area (Å²) < 4.78 is 0. The molecule has 2 aliphatic heterocycles. The van der Waals surface area contributed by atoms with E-state index in [0.29, 0.717) is 31.5 Å². The average molecular weight is 301 g/mol. The number of hydrogen-bond donors (Lipinski definition) is 2. The van der Waals surface area contributed by atoms with Gasteiger partial charge in [-0.05, 0) is 24.1 Å². The molecule has 1 unspecified atom stereocenters. The summed E-state index contributed by atoms with van der Waals surface area (Å²) in [4.78, 5) is 37.5. The maximum absolute atomic E-state index is 12.5. The molecule has 2 N–H and O–H groups in total. The lowest BCUT2D eigenvalue weighted by molar-refractivity contribution is -0.134. The number of nitrogens with one attached hydrogen (secondary N) is 2. The zero-order valence-electron chi connectivity index (χ0n) is 12.3. The highest BCUT2D eigenvalue weighted by molar-refractivity contribution is 6.01. The summed E-state index contributed by atoms with van der Waals surface area (Å²) in [5.74, 6) is -0.860. The smallest absolute Gasteiger partial charge is 0.253 e. The second kappa shape index (κ2) is 6.27. The number of piperazine rings is 1. The summed E-state index contributed by atoms with van der Waals surface area (Å²) >= 11 is 0. The Labute approximate surface area is 128 Å². The maximum Gasteiger partial charge on any atom is 0.253 e. The van der Waals surface area contributed by atoms with Gasteiger partial charge < -0.3 is 10.2 Å². The summed E-state index contributed by atoms with van der Waals surface area (Å²) in [5.41, 5.74) is 1.40. The molecule has 1 atom stereocenters. The first kappa shape index (κ1) is 14.7. The van der Waals surface area contributed by atoms with Crippen molar-refractivity contribution in [2.24, 2.45) is 0 Å². The van der Waals surface area contributed by atoms with Crippen LogP contribution in [0, 0.1) is 0 Å². The minimum atomic E-state index is -0.353. The second-order valence-electron chi connectivity index (χ2n) is 5.67. The lowest BCUT2D eigenvalue weighted by Crippen LogP contribution is -2.46. The van der Waals surface area contributed by atoms with Gasteiger partial charge in [0.2, 0.25) is 11.8 Å². The fourth-order valence-electron chi connectivity index (χ4n) is 2.95. The molecule has 2 heterocycles. The first-order valence-corrected chi connectivity index (χ1v) is 7.59. The van der Waals surface area contributed by atoms with Crippen molar-refractivity contribution in [2.75, 3.05) is 26.2 Å². The van der Waals surface area contributed by atoms with Crippen LogP contribution in [0.5, 0.6) is 0 Å². The van der Waals surface area contributed by atoms with Gasteiger partial charge in [-0.3, -0.25) is 19.7 Å². The number of benzene rings is 1. The van der Waals surface area contributed by atoms with E-state index in [-0.39, 0.29) is 23.6 Å². The van der Waals surface area contributed by atoms with Crippen LogP contribution in [0.15, 0.2) is 24.3 Å². The van der Waals surface area contributed by atoms with Gasteiger partial charge >= 0.3 is 0 Å². The molecule has 22 heavy (non-hydrogen) atoms. The number of carbonyl (C=O) groups is 3. The highest BCUT2D eigenvalue weighted by Gasteiger charge is 2.28. The third-order valence-corrected chi connectivity index (χ3v) is 4.18. The quantitative estimate of drug-likeness (QED) is 0.768. The number of piperidine rings is 1. The molecular weight excluding hydrogens is 282 g/mol. The summed E-state index contributed by atoms with van der Waals surface area (Å²) in [6.07, 6.45) is 0.836. The first-order chi connectivity index (χ1) is 10.6. The van der Waals surface area contributed by atoms with E-state index in [1.807, 2.05) is 11.0 Å². The van der Waals surface area contributed by atoms with E-state index in [2.05, 4.69) is 10.6 Å². The van der Waals surface area contributed by atoms with Crippen LogP contribution in [0.25, 0.3) is 0 Å². The van der Waals surface area contributed by atoms with E-state index < -0.39 is 0 Å². The highest BCUT2D eigenvalue weighted by atomic mass is 16.2. The molecule has 116 valence electrons. The normalized spacial score (nSPS) is 22.4. The van der Waals surface area contributed by atoms with Crippen LogP contribution in [-0.2, 0) is 9.59 Å². The lowest BCUT2D eigenvalue weighted by atomic mass is 9.89. The van der Waals surface area contributed by atoms with Crippen molar-refractivity contribution >= 4 is 17.7 Å². The Balaban J connectivity index is 1.78. The topological polar surface area (TPSA) is 78.5 Å². The third kappa shape index (κ3) is 3.01. The van der Waals surface area contributed by atoms with Crippen LogP contribution in [0.3, 0.4) is 0 Å². The second-order valence-corrected chi connectivity index (χ2v) is 5.67. The fourth-order valence-corrected chi connectivity index (χ4v) is 2.95. The van der Waals surface area contributed by atoms with E-state index in [1.54, 1.807) is 18.2 Å². The van der Waals surface area contributed by atoms with Crippen molar-refractivity contribution in [3.8, 4) is 0 Å². The third-order valence-electron chi connectivity index (χ3n) is 4.18. The molecule has 3 rings (SSSR count). The van der Waals surface area contributed by atoms with Gasteiger partial charge in [-0.15, -0.1) is 0 Å². The number of amides is 3. The zero-order chi connectivity index (χ0) is 15.5. The van der Waals surface area contributed by atoms with Gasteiger partial charge in [0.25, 0.3) is 5.91 Å². The molecule has 6 nitrogen and oxygen atoms in total.